The number of carbonyl (C=O) groups excluding carboxylic acids is 2. The molecule has 0 heterocycles. The Labute approximate surface area is 87.7 Å². The van der Waals surface area contributed by atoms with Gasteiger partial charge < -0.3 is 10.0 Å². The van der Waals surface area contributed by atoms with Crippen molar-refractivity contribution in [3.05, 3.63) is 25.3 Å². The topological polar surface area (TPSA) is 74.7 Å². The molecule has 0 aromatic rings. The second-order valence-electron chi connectivity index (χ2n) is 2.78. The van der Waals surface area contributed by atoms with Gasteiger partial charge in [-0.3, -0.25) is 14.4 Å². The van der Waals surface area contributed by atoms with Crippen molar-refractivity contribution < 1.29 is 19.5 Å². The van der Waals surface area contributed by atoms with Gasteiger partial charge >= 0.3 is 5.97 Å². The van der Waals surface area contributed by atoms with E-state index in [4.69, 9.17) is 5.11 Å². The number of rotatable bonds is 7. The molecular weight excluding hydrogens is 198 g/mol. The monoisotopic (exact) mass is 211 g/mol. The van der Waals surface area contributed by atoms with Crippen molar-refractivity contribution in [1.82, 2.24) is 4.90 Å². The lowest BCUT2D eigenvalue weighted by atomic mass is 10.2. The van der Waals surface area contributed by atoms with Gasteiger partial charge in [-0.1, -0.05) is 12.2 Å². The number of hydrogen-bond donors (Lipinski definition) is 1. The van der Waals surface area contributed by atoms with E-state index in [1.54, 1.807) is 0 Å². The molecule has 82 valence electrons. The summed E-state index contributed by atoms with van der Waals surface area (Å²) in [6, 6.07) is 0. The van der Waals surface area contributed by atoms with E-state index in [-0.39, 0.29) is 13.1 Å². The molecule has 5 nitrogen and oxygen atoms in total. The molecule has 0 aromatic carbocycles. The zero-order chi connectivity index (χ0) is 11.8. The van der Waals surface area contributed by atoms with Crippen LogP contribution >= 0.6 is 0 Å². The van der Waals surface area contributed by atoms with Crippen LogP contribution in [0.5, 0.6) is 0 Å². The third kappa shape index (κ3) is 4.75. The van der Waals surface area contributed by atoms with E-state index in [0.29, 0.717) is 0 Å². The molecule has 1 N–H and O–H groups in total. The number of amides is 1. The van der Waals surface area contributed by atoms with E-state index in [0.717, 1.165) is 0 Å². The predicted octanol–water partition coefficient (Wildman–Crippen LogP) is 0.231. The number of carboxylic acid groups (broad SMARTS) is 1. The van der Waals surface area contributed by atoms with Crippen LogP contribution in [0.2, 0.25) is 0 Å². The van der Waals surface area contributed by atoms with Gasteiger partial charge in [0.2, 0.25) is 5.78 Å². The Hall–Kier alpha value is -1.91. The first-order chi connectivity index (χ1) is 7.02. The predicted molar refractivity (Wildman–Crippen MR) is 54.2 cm³/mol. The molecule has 15 heavy (non-hydrogen) atoms. The Kier molecular flexibility index (Phi) is 5.70. The van der Waals surface area contributed by atoms with Crippen molar-refractivity contribution in [3.8, 4) is 0 Å². The number of carboxylic acids is 1. The fourth-order valence-corrected chi connectivity index (χ4v) is 0.941. The van der Waals surface area contributed by atoms with Crippen molar-refractivity contribution >= 4 is 17.7 Å². The molecule has 0 unspecified atom stereocenters. The van der Waals surface area contributed by atoms with Gasteiger partial charge in [0.25, 0.3) is 5.91 Å². The van der Waals surface area contributed by atoms with Gasteiger partial charge in [0.1, 0.15) is 6.42 Å². The number of aliphatic carboxylic acids is 1. The fourth-order valence-electron chi connectivity index (χ4n) is 0.941. The number of ketones is 1. The van der Waals surface area contributed by atoms with Crippen molar-refractivity contribution in [2.24, 2.45) is 0 Å². The van der Waals surface area contributed by atoms with Crippen molar-refractivity contribution in [2.75, 3.05) is 13.1 Å². The van der Waals surface area contributed by atoms with Crippen LogP contribution in [-0.2, 0) is 14.4 Å². The molecule has 5 heteroatoms. The first-order valence-electron chi connectivity index (χ1n) is 4.28. The standard InChI is InChI=1S/C10H13NO4/c1-3-5-11(6-4-2)10(15)8(12)7-9(13)14/h3-4H,1-2,5-7H2,(H,13,14). The van der Waals surface area contributed by atoms with Gasteiger partial charge in [-0.05, 0) is 0 Å². The molecule has 0 rings (SSSR count). The van der Waals surface area contributed by atoms with Crippen LogP contribution < -0.4 is 0 Å². The van der Waals surface area contributed by atoms with Gasteiger partial charge in [0, 0.05) is 13.1 Å². The molecule has 0 aromatic heterocycles. The number of carbonyl (C=O) groups is 3. The zero-order valence-electron chi connectivity index (χ0n) is 8.31. The lowest BCUT2D eigenvalue weighted by Crippen LogP contribution is -2.37. The maximum atomic E-state index is 11.4. The maximum absolute atomic E-state index is 11.4. The van der Waals surface area contributed by atoms with Crippen molar-refractivity contribution in [3.63, 3.8) is 0 Å². The highest BCUT2D eigenvalue weighted by atomic mass is 16.4. The molecule has 0 spiro atoms. The molecule has 0 radical (unpaired) electrons. The summed E-state index contributed by atoms with van der Waals surface area (Å²) in [5, 5.41) is 8.34. The SMILES string of the molecule is C=CCN(CC=C)C(=O)C(=O)CC(=O)O. The Morgan fingerprint density at radius 2 is 1.60 bits per heavy atom. The lowest BCUT2D eigenvalue weighted by Gasteiger charge is -2.17. The third-order valence-electron chi connectivity index (χ3n) is 1.54. The summed E-state index contributed by atoms with van der Waals surface area (Å²) >= 11 is 0. The Morgan fingerprint density at radius 3 is 1.93 bits per heavy atom. The smallest absolute Gasteiger partial charge is 0.311 e. The molecular formula is C10H13NO4. The molecule has 1 amide bonds. The summed E-state index contributed by atoms with van der Waals surface area (Å²) in [5.41, 5.74) is 0. The average molecular weight is 211 g/mol. The summed E-state index contributed by atoms with van der Waals surface area (Å²) < 4.78 is 0. The molecule has 0 bridgehead atoms. The Balaban J connectivity index is 4.47. The van der Waals surface area contributed by atoms with Gasteiger partial charge in [-0.15, -0.1) is 13.2 Å². The normalized spacial score (nSPS) is 9.07. The van der Waals surface area contributed by atoms with Gasteiger partial charge in [-0.2, -0.15) is 0 Å². The summed E-state index contributed by atoms with van der Waals surface area (Å²) in [6.07, 6.45) is 2.12. The van der Waals surface area contributed by atoms with Gasteiger partial charge in [-0.25, -0.2) is 0 Å². The van der Waals surface area contributed by atoms with E-state index in [9.17, 15) is 14.4 Å². The highest BCUT2D eigenvalue weighted by molar-refractivity contribution is 6.38. The van der Waals surface area contributed by atoms with E-state index >= 15 is 0 Å². The molecule has 0 aliphatic rings. The van der Waals surface area contributed by atoms with E-state index in [1.165, 1.54) is 17.1 Å². The first-order valence-corrected chi connectivity index (χ1v) is 4.28. The second-order valence-corrected chi connectivity index (χ2v) is 2.78. The Bertz CT molecular complexity index is 286. The largest absolute Gasteiger partial charge is 0.481 e. The summed E-state index contributed by atoms with van der Waals surface area (Å²) in [4.78, 5) is 33.9. The lowest BCUT2D eigenvalue weighted by molar-refractivity contribution is -0.149. The van der Waals surface area contributed by atoms with Crippen LogP contribution in [0.4, 0.5) is 0 Å². The second kappa shape index (κ2) is 6.53. The molecule has 0 saturated heterocycles. The maximum Gasteiger partial charge on any atom is 0.311 e. The van der Waals surface area contributed by atoms with Crippen molar-refractivity contribution in [2.45, 2.75) is 6.42 Å². The average Bonchev–Trinajstić information content (AvgIpc) is 2.15. The summed E-state index contributed by atoms with van der Waals surface area (Å²) in [5.74, 6) is -3.08. The minimum Gasteiger partial charge on any atom is -0.481 e. The number of hydrogen-bond acceptors (Lipinski definition) is 3. The highest BCUT2D eigenvalue weighted by Crippen LogP contribution is 1.95. The van der Waals surface area contributed by atoms with Crippen molar-refractivity contribution in [1.29, 1.82) is 0 Å². The van der Waals surface area contributed by atoms with Crippen LogP contribution in [0.25, 0.3) is 0 Å². The van der Waals surface area contributed by atoms with Gasteiger partial charge in [0.15, 0.2) is 0 Å². The minimum absolute atomic E-state index is 0.191. The molecule has 0 aliphatic heterocycles. The third-order valence-corrected chi connectivity index (χ3v) is 1.54. The molecule has 0 fully saturated rings. The molecule has 0 aliphatic carbocycles. The van der Waals surface area contributed by atoms with E-state index in [2.05, 4.69) is 13.2 Å². The van der Waals surface area contributed by atoms with Crippen LogP contribution in [-0.4, -0.2) is 40.8 Å². The zero-order valence-corrected chi connectivity index (χ0v) is 8.31. The van der Waals surface area contributed by atoms with Crippen LogP contribution in [0, 0.1) is 0 Å². The quantitative estimate of drug-likeness (QED) is 0.371. The number of nitrogens with zero attached hydrogens (tertiary/aromatic N) is 1. The van der Waals surface area contributed by atoms with E-state index < -0.39 is 24.1 Å². The van der Waals surface area contributed by atoms with Crippen LogP contribution in [0.3, 0.4) is 0 Å². The minimum atomic E-state index is -1.31. The highest BCUT2D eigenvalue weighted by Gasteiger charge is 2.21. The summed E-state index contributed by atoms with van der Waals surface area (Å²) in [6.45, 7) is 7.24. The van der Waals surface area contributed by atoms with E-state index in [1.807, 2.05) is 0 Å². The molecule has 0 saturated carbocycles. The Morgan fingerprint density at radius 1 is 1.13 bits per heavy atom. The van der Waals surface area contributed by atoms with Gasteiger partial charge in [0.05, 0.1) is 0 Å². The molecule has 0 atom stereocenters. The van der Waals surface area contributed by atoms with Crippen LogP contribution in [0.1, 0.15) is 6.42 Å². The fraction of sp³-hybridized carbons (Fsp3) is 0.300. The van der Waals surface area contributed by atoms with Crippen LogP contribution in [0.15, 0.2) is 25.3 Å². The number of Topliss-reactive ketones (excluding diaryl/α,β-unsaturated/α-hetero) is 1. The summed E-state index contributed by atoms with van der Waals surface area (Å²) in [7, 11) is 0. The first kappa shape index (κ1) is 13.1.